The largest absolute Gasteiger partial charge is 0.573 e. The lowest BCUT2D eigenvalue weighted by atomic mass is 10.1. The molecule has 0 unspecified atom stereocenters. The number of nitrogens with one attached hydrogen (secondary N) is 3. The number of alkyl halides is 3. The normalized spacial score (nSPS) is 17.1. The molecule has 4 amide bonds. The SMILES string of the molecule is CC(C)(C)OC(=O)N[C@H]1CSc2cc(F)c(Br)cc2N(Cc2ccc(OC(F)(F)F)cc2)C1=O.CC(C)(C)OC(=O)N[C@H]1CSc2cc(F)c(Br)cc2NC1=O. The van der Waals surface area contributed by atoms with Gasteiger partial charge in [0.05, 0.1) is 26.9 Å². The van der Waals surface area contributed by atoms with Crippen molar-refractivity contribution in [1.82, 2.24) is 10.6 Å². The van der Waals surface area contributed by atoms with Crippen molar-refractivity contribution in [2.75, 3.05) is 21.7 Å². The molecule has 3 N–H and O–H groups in total. The lowest BCUT2D eigenvalue weighted by Gasteiger charge is -2.27. The number of fused-ring (bicyclic) bond motifs is 2. The summed E-state index contributed by atoms with van der Waals surface area (Å²) in [6.07, 6.45) is -6.26. The van der Waals surface area contributed by atoms with E-state index in [-0.39, 0.29) is 27.2 Å². The van der Waals surface area contributed by atoms with Gasteiger partial charge >= 0.3 is 18.5 Å². The van der Waals surface area contributed by atoms with Crippen molar-refractivity contribution in [3.63, 3.8) is 0 Å². The zero-order valence-corrected chi connectivity index (χ0v) is 35.5. The molecule has 11 nitrogen and oxygen atoms in total. The number of ether oxygens (including phenoxy) is 3. The predicted octanol–water partition coefficient (Wildman–Crippen LogP) is 9.54. The van der Waals surface area contributed by atoms with E-state index in [1.165, 1.54) is 64.8 Å². The number of nitrogens with zero attached hydrogens (tertiary/aromatic N) is 1. The van der Waals surface area contributed by atoms with E-state index in [0.717, 1.165) is 12.1 Å². The Labute approximate surface area is 344 Å². The van der Waals surface area contributed by atoms with Crippen LogP contribution in [0, 0.1) is 11.6 Å². The predicted molar refractivity (Wildman–Crippen MR) is 209 cm³/mol. The minimum absolute atomic E-state index is 0.0384. The molecule has 2 atom stereocenters. The second-order valence-electron chi connectivity index (χ2n) is 14.1. The second kappa shape index (κ2) is 18.2. The van der Waals surface area contributed by atoms with Crippen LogP contribution in [0.1, 0.15) is 47.1 Å². The summed E-state index contributed by atoms with van der Waals surface area (Å²) in [4.78, 5) is 52.1. The molecule has 5 rings (SSSR count). The Bertz CT molecular complexity index is 1960. The van der Waals surface area contributed by atoms with Crippen molar-refractivity contribution in [1.29, 1.82) is 0 Å². The first-order valence-electron chi connectivity index (χ1n) is 16.6. The summed E-state index contributed by atoms with van der Waals surface area (Å²) in [5, 5.41) is 7.77. The van der Waals surface area contributed by atoms with Crippen LogP contribution in [0.2, 0.25) is 0 Å². The van der Waals surface area contributed by atoms with E-state index in [1.807, 2.05) is 0 Å². The Morgan fingerprint density at radius 1 is 0.804 bits per heavy atom. The van der Waals surface area contributed by atoms with Crippen LogP contribution >= 0.6 is 55.4 Å². The first-order chi connectivity index (χ1) is 25.9. The molecule has 0 aromatic heterocycles. The molecule has 0 saturated carbocycles. The molecule has 0 saturated heterocycles. The summed E-state index contributed by atoms with van der Waals surface area (Å²) < 4.78 is 79.8. The minimum Gasteiger partial charge on any atom is -0.444 e. The van der Waals surface area contributed by atoms with Crippen LogP contribution in [0.25, 0.3) is 0 Å². The van der Waals surface area contributed by atoms with Crippen LogP contribution in [0.3, 0.4) is 0 Å². The molecular weight excluding hydrogens is 919 g/mol. The molecule has 0 spiro atoms. The lowest BCUT2D eigenvalue weighted by Crippen LogP contribution is -2.50. The highest BCUT2D eigenvalue weighted by molar-refractivity contribution is 9.10. The Balaban J connectivity index is 0.000000273. The van der Waals surface area contributed by atoms with Gasteiger partial charge in [0.15, 0.2) is 0 Å². The smallest absolute Gasteiger partial charge is 0.444 e. The number of rotatable bonds is 5. The van der Waals surface area contributed by atoms with Gasteiger partial charge in [-0.15, -0.1) is 36.7 Å². The van der Waals surface area contributed by atoms with E-state index in [2.05, 4.69) is 52.5 Å². The van der Waals surface area contributed by atoms with Gasteiger partial charge in [-0.05, 0) is 115 Å². The number of amides is 4. The van der Waals surface area contributed by atoms with Crippen LogP contribution in [-0.4, -0.2) is 65.2 Å². The van der Waals surface area contributed by atoms with E-state index < -0.39 is 65.1 Å². The van der Waals surface area contributed by atoms with E-state index in [1.54, 1.807) is 41.5 Å². The van der Waals surface area contributed by atoms with E-state index in [4.69, 9.17) is 9.47 Å². The molecule has 3 aromatic rings. The third-order valence-electron chi connectivity index (χ3n) is 7.14. The van der Waals surface area contributed by atoms with Crippen molar-refractivity contribution in [3.8, 4) is 5.75 Å². The first-order valence-corrected chi connectivity index (χ1v) is 20.1. The Morgan fingerprint density at radius 3 is 1.86 bits per heavy atom. The number of benzene rings is 3. The maximum absolute atomic E-state index is 14.2. The van der Waals surface area contributed by atoms with Crippen molar-refractivity contribution in [3.05, 3.63) is 74.7 Å². The third-order valence-corrected chi connectivity index (χ3v) is 10.6. The summed E-state index contributed by atoms with van der Waals surface area (Å²) in [6, 6.07) is 8.90. The van der Waals surface area contributed by atoms with Gasteiger partial charge in [0.25, 0.3) is 5.91 Å². The quantitative estimate of drug-likeness (QED) is 0.214. The summed E-state index contributed by atoms with van der Waals surface area (Å²) in [5.74, 6) is -1.75. The second-order valence-corrected chi connectivity index (χ2v) is 18.0. The van der Waals surface area contributed by atoms with Crippen molar-refractivity contribution in [2.45, 2.75) is 87.5 Å². The summed E-state index contributed by atoms with van der Waals surface area (Å²) >= 11 is 8.68. The Morgan fingerprint density at radius 2 is 1.30 bits per heavy atom. The van der Waals surface area contributed by atoms with Crippen LogP contribution < -0.4 is 25.6 Å². The van der Waals surface area contributed by atoms with E-state index in [9.17, 15) is 41.1 Å². The van der Waals surface area contributed by atoms with Gasteiger partial charge in [-0.2, -0.15) is 0 Å². The molecule has 20 heteroatoms. The fourth-order valence-corrected chi connectivity index (χ4v) is 7.65. The monoisotopic (exact) mass is 954 g/mol. The Hall–Kier alpha value is -3.75. The fourth-order valence-electron chi connectivity index (χ4n) is 4.86. The zero-order chi connectivity index (χ0) is 41.7. The molecule has 0 aliphatic carbocycles. The zero-order valence-electron chi connectivity index (χ0n) is 30.7. The summed E-state index contributed by atoms with van der Waals surface area (Å²) in [7, 11) is 0. The van der Waals surface area contributed by atoms with Crippen molar-refractivity contribution >= 4 is 90.8 Å². The van der Waals surface area contributed by atoms with Crippen LogP contribution in [0.4, 0.5) is 42.9 Å². The van der Waals surface area contributed by atoms with Gasteiger partial charge in [-0.25, -0.2) is 18.4 Å². The standard InChI is InChI=1S/C22H21BrF4N2O4S.C14H16BrFN2O3S/c1-21(2,3)33-20(31)28-16-11-34-18-9-15(24)14(23)8-17(18)29(19(16)30)10-12-4-6-13(7-5-12)32-22(25,26)27;1-14(2,3)21-13(20)18-10-6-22-11-5-8(16)7(15)4-9(11)17-12(10)19/h4-9,16H,10-11H2,1-3H3,(H,28,31);4-5,10H,6H2,1-3H3,(H,17,19)(H,18,20)/t16-;10-/m00/s1. The van der Waals surface area contributed by atoms with Crippen molar-refractivity contribution in [2.24, 2.45) is 0 Å². The molecule has 2 aliphatic rings. The number of carbonyl (C=O) groups is 4. The van der Waals surface area contributed by atoms with Crippen LogP contribution in [-0.2, 0) is 25.6 Å². The number of hydrogen-bond donors (Lipinski definition) is 3. The molecule has 304 valence electrons. The number of carbonyl (C=O) groups excluding carboxylic acids is 4. The van der Waals surface area contributed by atoms with E-state index >= 15 is 0 Å². The molecule has 2 aliphatic heterocycles. The van der Waals surface area contributed by atoms with Gasteiger partial charge in [0.2, 0.25) is 5.91 Å². The Kier molecular flexibility index (Phi) is 14.6. The number of hydrogen-bond acceptors (Lipinski definition) is 9. The number of anilines is 2. The minimum atomic E-state index is -4.82. The average molecular weight is 957 g/mol. The molecule has 0 bridgehead atoms. The molecule has 2 heterocycles. The maximum atomic E-state index is 14.2. The van der Waals surface area contributed by atoms with Crippen LogP contribution in [0.5, 0.6) is 5.75 Å². The molecular formula is C36H37Br2F5N4O7S2. The number of halogens is 7. The highest BCUT2D eigenvalue weighted by atomic mass is 79.9. The summed E-state index contributed by atoms with van der Waals surface area (Å²) in [5.41, 5.74) is -0.0154. The number of thioether (sulfide) groups is 2. The van der Waals surface area contributed by atoms with Gasteiger partial charge in [0.1, 0.15) is 40.7 Å². The fraction of sp³-hybridized carbons (Fsp3) is 0.389. The van der Waals surface area contributed by atoms with Crippen LogP contribution in [0.15, 0.2) is 67.3 Å². The number of alkyl carbamates (subject to hydrolysis) is 2. The topological polar surface area (TPSA) is 135 Å². The maximum Gasteiger partial charge on any atom is 0.573 e. The van der Waals surface area contributed by atoms with Gasteiger partial charge in [-0.1, -0.05) is 12.1 Å². The first kappa shape index (κ1) is 45.0. The molecule has 56 heavy (non-hydrogen) atoms. The van der Waals surface area contributed by atoms with Crippen molar-refractivity contribution < 1.29 is 55.3 Å². The average Bonchev–Trinajstić information content (AvgIpc) is 3.26. The molecule has 0 fully saturated rings. The summed E-state index contributed by atoms with van der Waals surface area (Å²) in [6.45, 7) is 10.2. The van der Waals surface area contributed by atoms with Gasteiger partial charge in [-0.3, -0.25) is 9.59 Å². The van der Waals surface area contributed by atoms with E-state index in [0.29, 0.717) is 32.5 Å². The lowest BCUT2D eigenvalue weighted by molar-refractivity contribution is -0.274. The molecule has 3 aromatic carbocycles. The van der Waals surface area contributed by atoms with Gasteiger partial charge < -0.3 is 35.1 Å². The third kappa shape index (κ3) is 13.4. The highest BCUT2D eigenvalue weighted by Gasteiger charge is 2.35. The highest BCUT2D eigenvalue weighted by Crippen LogP contribution is 2.39. The molecule has 0 radical (unpaired) electrons. The van der Waals surface area contributed by atoms with Gasteiger partial charge in [0, 0.05) is 21.3 Å².